The van der Waals surface area contributed by atoms with Gasteiger partial charge in [-0.25, -0.2) is 0 Å². The first-order chi connectivity index (χ1) is 6.02. The summed E-state index contributed by atoms with van der Waals surface area (Å²) in [5, 5.41) is 3.79. The fourth-order valence-electron chi connectivity index (χ4n) is 1.40. The first-order valence-electron chi connectivity index (χ1n) is 4.76. The number of nitrogens with two attached hydrogens (primary N) is 1. The number of aromatic nitrogens is 1. The van der Waals surface area contributed by atoms with Crippen LogP contribution in [0.25, 0.3) is 0 Å². The Bertz CT molecular complexity index is 276. The van der Waals surface area contributed by atoms with Crippen molar-refractivity contribution in [3.05, 3.63) is 11.3 Å². The molecule has 74 valence electrons. The van der Waals surface area contributed by atoms with Crippen LogP contribution < -0.4 is 5.73 Å². The molecular formula is C10H18N2O. The molecule has 3 heteroatoms. The van der Waals surface area contributed by atoms with E-state index in [1.54, 1.807) is 0 Å². The molecule has 0 aliphatic rings. The van der Waals surface area contributed by atoms with E-state index in [9.17, 15) is 0 Å². The number of rotatable bonds is 3. The molecule has 1 heterocycles. The summed E-state index contributed by atoms with van der Waals surface area (Å²) in [5.74, 6) is 2.43. The van der Waals surface area contributed by atoms with Crippen LogP contribution in [0.4, 0.5) is 5.82 Å². The van der Waals surface area contributed by atoms with Gasteiger partial charge in [-0.1, -0.05) is 32.9 Å². The molecule has 0 unspecified atom stereocenters. The lowest BCUT2D eigenvalue weighted by atomic mass is 9.98. The molecule has 0 saturated carbocycles. The van der Waals surface area contributed by atoms with Crippen molar-refractivity contribution in [2.75, 3.05) is 5.73 Å². The Morgan fingerprint density at radius 1 is 1.31 bits per heavy atom. The third-order valence-electron chi connectivity index (χ3n) is 1.99. The molecule has 0 saturated heterocycles. The van der Waals surface area contributed by atoms with Gasteiger partial charge in [0, 0.05) is 11.5 Å². The number of anilines is 1. The van der Waals surface area contributed by atoms with Gasteiger partial charge in [0.05, 0.1) is 0 Å². The summed E-state index contributed by atoms with van der Waals surface area (Å²) in [5.41, 5.74) is 6.81. The van der Waals surface area contributed by atoms with Crippen LogP contribution in [0.15, 0.2) is 4.52 Å². The second kappa shape index (κ2) is 3.81. The molecule has 2 N–H and O–H groups in total. The van der Waals surface area contributed by atoms with E-state index in [0.717, 1.165) is 17.7 Å². The summed E-state index contributed by atoms with van der Waals surface area (Å²) in [6.07, 6.45) is 0.947. The number of nitrogens with zero attached hydrogens (tertiary/aromatic N) is 1. The maximum absolute atomic E-state index is 5.72. The topological polar surface area (TPSA) is 52.0 Å². The van der Waals surface area contributed by atoms with E-state index in [1.807, 2.05) is 0 Å². The molecule has 0 atom stereocenters. The van der Waals surface area contributed by atoms with Gasteiger partial charge in [-0.05, 0) is 12.3 Å². The minimum atomic E-state index is 0.360. The van der Waals surface area contributed by atoms with Crippen LogP contribution in [-0.4, -0.2) is 5.16 Å². The Labute approximate surface area is 79.3 Å². The van der Waals surface area contributed by atoms with Crippen molar-refractivity contribution in [1.82, 2.24) is 5.16 Å². The molecule has 0 radical (unpaired) electrons. The normalized spacial score (nSPS) is 11.5. The minimum absolute atomic E-state index is 0.360. The summed E-state index contributed by atoms with van der Waals surface area (Å²) in [7, 11) is 0. The van der Waals surface area contributed by atoms with Crippen molar-refractivity contribution in [1.29, 1.82) is 0 Å². The lowest BCUT2D eigenvalue weighted by molar-refractivity contribution is 0.370. The van der Waals surface area contributed by atoms with Crippen LogP contribution in [0.1, 0.15) is 44.9 Å². The number of hydrogen-bond donors (Lipinski definition) is 1. The van der Waals surface area contributed by atoms with Gasteiger partial charge in [0.25, 0.3) is 0 Å². The van der Waals surface area contributed by atoms with Crippen molar-refractivity contribution in [2.45, 2.75) is 40.0 Å². The Morgan fingerprint density at radius 2 is 1.92 bits per heavy atom. The second-order valence-electron chi connectivity index (χ2n) is 4.16. The first kappa shape index (κ1) is 10.1. The van der Waals surface area contributed by atoms with Gasteiger partial charge in [-0.15, -0.1) is 0 Å². The van der Waals surface area contributed by atoms with Crippen molar-refractivity contribution in [3.8, 4) is 0 Å². The Kier molecular flexibility index (Phi) is 2.96. The summed E-state index contributed by atoms with van der Waals surface area (Å²) in [4.78, 5) is 0. The fraction of sp³-hybridized carbons (Fsp3) is 0.700. The smallest absolute Gasteiger partial charge is 0.170 e. The lowest BCUT2D eigenvalue weighted by Gasteiger charge is -2.06. The van der Waals surface area contributed by atoms with E-state index in [1.165, 1.54) is 0 Å². The van der Waals surface area contributed by atoms with Gasteiger partial charge in [-0.2, -0.15) is 0 Å². The molecule has 1 aromatic heterocycles. The second-order valence-corrected chi connectivity index (χ2v) is 4.16. The van der Waals surface area contributed by atoms with E-state index < -0.39 is 0 Å². The van der Waals surface area contributed by atoms with Gasteiger partial charge < -0.3 is 10.3 Å². The molecule has 0 spiro atoms. The standard InChI is InChI=1S/C10H18N2O/c1-6(2)5-8-9(7(3)4)13-12-10(8)11/h6-7H,5H2,1-4H3,(H2,11,12). The Morgan fingerprint density at radius 3 is 2.38 bits per heavy atom. The summed E-state index contributed by atoms with van der Waals surface area (Å²) >= 11 is 0. The predicted octanol–water partition coefficient (Wildman–Crippen LogP) is 2.58. The largest absolute Gasteiger partial charge is 0.381 e. The zero-order valence-corrected chi connectivity index (χ0v) is 8.79. The molecule has 0 aliphatic heterocycles. The lowest BCUT2D eigenvalue weighted by Crippen LogP contribution is -2.01. The molecule has 0 amide bonds. The monoisotopic (exact) mass is 182 g/mol. The molecular weight excluding hydrogens is 164 g/mol. The molecule has 0 bridgehead atoms. The van der Waals surface area contributed by atoms with Crippen LogP contribution >= 0.6 is 0 Å². The fourth-order valence-corrected chi connectivity index (χ4v) is 1.40. The zero-order chi connectivity index (χ0) is 10.0. The quantitative estimate of drug-likeness (QED) is 0.781. The van der Waals surface area contributed by atoms with E-state index in [-0.39, 0.29) is 0 Å². The molecule has 3 nitrogen and oxygen atoms in total. The third-order valence-corrected chi connectivity index (χ3v) is 1.99. The van der Waals surface area contributed by atoms with Gasteiger partial charge in [-0.3, -0.25) is 0 Å². The Hall–Kier alpha value is -0.990. The van der Waals surface area contributed by atoms with Crippen LogP contribution in [0.5, 0.6) is 0 Å². The SMILES string of the molecule is CC(C)Cc1c(N)noc1C(C)C. The molecule has 13 heavy (non-hydrogen) atoms. The summed E-state index contributed by atoms with van der Waals surface area (Å²) in [6, 6.07) is 0. The van der Waals surface area contributed by atoms with Crippen LogP contribution in [0.3, 0.4) is 0 Å². The highest BCUT2D eigenvalue weighted by molar-refractivity contribution is 5.41. The average Bonchev–Trinajstić information content (AvgIpc) is 2.32. The van der Waals surface area contributed by atoms with Crippen LogP contribution in [0, 0.1) is 5.92 Å². The van der Waals surface area contributed by atoms with Crippen LogP contribution in [-0.2, 0) is 6.42 Å². The van der Waals surface area contributed by atoms with E-state index in [0.29, 0.717) is 17.7 Å². The summed E-state index contributed by atoms with van der Waals surface area (Å²) in [6.45, 7) is 8.50. The van der Waals surface area contributed by atoms with Crippen molar-refractivity contribution in [3.63, 3.8) is 0 Å². The number of nitrogen functional groups attached to an aromatic ring is 1. The van der Waals surface area contributed by atoms with Gasteiger partial charge >= 0.3 is 0 Å². The van der Waals surface area contributed by atoms with Gasteiger partial charge in [0.1, 0.15) is 5.76 Å². The molecule has 0 fully saturated rings. The molecule has 0 aliphatic carbocycles. The van der Waals surface area contributed by atoms with E-state index in [4.69, 9.17) is 10.3 Å². The summed E-state index contributed by atoms with van der Waals surface area (Å²) < 4.78 is 5.18. The molecule has 1 rings (SSSR count). The van der Waals surface area contributed by atoms with Crippen molar-refractivity contribution >= 4 is 5.82 Å². The van der Waals surface area contributed by atoms with Gasteiger partial charge in [0.2, 0.25) is 0 Å². The predicted molar refractivity (Wildman–Crippen MR) is 53.5 cm³/mol. The molecule has 1 aromatic rings. The highest BCUT2D eigenvalue weighted by Crippen LogP contribution is 2.26. The van der Waals surface area contributed by atoms with E-state index in [2.05, 4.69) is 32.9 Å². The highest BCUT2D eigenvalue weighted by Gasteiger charge is 2.17. The van der Waals surface area contributed by atoms with Gasteiger partial charge in [0.15, 0.2) is 5.82 Å². The zero-order valence-electron chi connectivity index (χ0n) is 8.79. The van der Waals surface area contributed by atoms with Crippen molar-refractivity contribution in [2.24, 2.45) is 5.92 Å². The van der Waals surface area contributed by atoms with Crippen molar-refractivity contribution < 1.29 is 4.52 Å². The highest BCUT2D eigenvalue weighted by atomic mass is 16.5. The first-order valence-corrected chi connectivity index (χ1v) is 4.76. The van der Waals surface area contributed by atoms with E-state index >= 15 is 0 Å². The maximum atomic E-state index is 5.72. The number of hydrogen-bond acceptors (Lipinski definition) is 3. The molecule has 0 aromatic carbocycles. The average molecular weight is 182 g/mol. The maximum Gasteiger partial charge on any atom is 0.170 e. The third kappa shape index (κ3) is 2.23. The van der Waals surface area contributed by atoms with Crippen LogP contribution in [0.2, 0.25) is 0 Å². The Balaban J connectivity index is 2.94. The minimum Gasteiger partial charge on any atom is -0.381 e.